The van der Waals surface area contributed by atoms with Crippen LogP contribution < -0.4 is 5.73 Å². The summed E-state index contributed by atoms with van der Waals surface area (Å²) in [6, 6.07) is 17.6. The van der Waals surface area contributed by atoms with E-state index in [0.717, 1.165) is 22.5 Å². The molecule has 3 nitrogen and oxygen atoms in total. The molecule has 0 amide bonds. The molecule has 0 unspecified atom stereocenters. The number of nitrogens with two attached hydrogens (primary N) is 1. The summed E-state index contributed by atoms with van der Waals surface area (Å²) in [6.45, 7) is 2.05. The van der Waals surface area contributed by atoms with Gasteiger partial charge in [-0.2, -0.15) is 0 Å². The molecular formula is C17H14ClN3. The second-order valence-corrected chi connectivity index (χ2v) is 5.31. The van der Waals surface area contributed by atoms with Crippen LogP contribution in [0.3, 0.4) is 0 Å². The molecular weight excluding hydrogens is 282 g/mol. The standard InChI is InChI=1S/C17H14ClN3/c1-11-4-2-5-12(8-11)15-10-16(21-17(19)20-15)13-6-3-7-14(18)9-13/h2-10H,1H3,(H2,19,20,21). The third kappa shape index (κ3) is 3.03. The van der Waals surface area contributed by atoms with E-state index in [4.69, 9.17) is 17.3 Å². The third-order valence-electron chi connectivity index (χ3n) is 3.18. The maximum atomic E-state index is 6.04. The number of nitrogens with zero attached hydrogens (tertiary/aromatic N) is 2. The van der Waals surface area contributed by atoms with E-state index >= 15 is 0 Å². The van der Waals surface area contributed by atoms with E-state index in [1.807, 2.05) is 55.5 Å². The van der Waals surface area contributed by atoms with Crippen molar-refractivity contribution in [3.05, 3.63) is 65.2 Å². The van der Waals surface area contributed by atoms with Gasteiger partial charge >= 0.3 is 0 Å². The van der Waals surface area contributed by atoms with Gasteiger partial charge in [-0.25, -0.2) is 9.97 Å². The first kappa shape index (κ1) is 13.6. The fourth-order valence-corrected chi connectivity index (χ4v) is 2.40. The van der Waals surface area contributed by atoms with Gasteiger partial charge in [0, 0.05) is 16.1 Å². The largest absolute Gasteiger partial charge is 0.368 e. The fourth-order valence-electron chi connectivity index (χ4n) is 2.21. The lowest BCUT2D eigenvalue weighted by molar-refractivity contribution is 1.19. The maximum Gasteiger partial charge on any atom is 0.221 e. The van der Waals surface area contributed by atoms with Gasteiger partial charge < -0.3 is 5.73 Å². The number of hydrogen-bond acceptors (Lipinski definition) is 3. The van der Waals surface area contributed by atoms with Gasteiger partial charge in [0.25, 0.3) is 0 Å². The van der Waals surface area contributed by atoms with Gasteiger partial charge in [0.1, 0.15) is 0 Å². The Labute approximate surface area is 128 Å². The first-order valence-corrected chi connectivity index (χ1v) is 6.97. The van der Waals surface area contributed by atoms with E-state index in [-0.39, 0.29) is 5.95 Å². The molecule has 0 bridgehead atoms. The van der Waals surface area contributed by atoms with Gasteiger partial charge in [-0.05, 0) is 31.2 Å². The molecule has 0 spiro atoms. The fraction of sp³-hybridized carbons (Fsp3) is 0.0588. The number of hydrogen-bond donors (Lipinski definition) is 1. The van der Waals surface area contributed by atoms with Crippen molar-refractivity contribution in [3.8, 4) is 22.5 Å². The molecule has 2 N–H and O–H groups in total. The number of rotatable bonds is 2. The molecule has 1 heterocycles. The minimum atomic E-state index is 0.254. The van der Waals surface area contributed by atoms with Crippen molar-refractivity contribution in [3.63, 3.8) is 0 Å². The van der Waals surface area contributed by atoms with Crippen LogP contribution in [0.5, 0.6) is 0 Å². The Balaban J connectivity index is 2.12. The van der Waals surface area contributed by atoms with Crippen LogP contribution in [-0.2, 0) is 0 Å². The van der Waals surface area contributed by atoms with Gasteiger partial charge in [-0.1, -0.05) is 47.5 Å². The summed E-state index contributed by atoms with van der Waals surface area (Å²) in [5, 5.41) is 0.668. The number of aryl methyl sites for hydroxylation is 1. The molecule has 1 aromatic heterocycles. The van der Waals surface area contributed by atoms with E-state index in [9.17, 15) is 0 Å². The molecule has 0 fully saturated rings. The molecule has 0 aliphatic rings. The average Bonchev–Trinajstić information content (AvgIpc) is 2.46. The summed E-state index contributed by atoms with van der Waals surface area (Å²) < 4.78 is 0. The Morgan fingerprint density at radius 3 is 2.10 bits per heavy atom. The monoisotopic (exact) mass is 295 g/mol. The quantitative estimate of drug-likeness (QED) is 0.764. The van der Waals surface area contributed by atoms with Crippen LogP contribution in [0.25, 0.3) is 22.5 Å². The first-order chi connectivity index (χ1) is 10.1. The predicted molar refractivity (Wildman–Crippen MR) is 87.1 cm³/mol. The number of aromatic nitrogens is 2. The molecule has 21 heavy (non-hydrogen) atoms. The molecule has 0 saturated carbocycles. The van der Waals surface area contributed by atoms with E-state index in [1.165, 1.54) is 5.56 Å². The summed E-state index contributed by atoms with van der Waals surface area (Å²) in [4.78, 5) is 8.63. The van der Waals surface area contributed by atoms with Gasteiger partial charge in [-0.3, -0.25) is 0 Å². The number of anilines is 1. The Hall–Kier alpha value is -2.39. The van der Waals surface area contributed by atoms with E-state index in [1.54, 1.807) is 0 Å². The third-order valence-corrected chi connectivity index (χ3v) is 3.41. The van der Waals surface area contributed by atoms with Crippen LogP contribution in [0, 0.1) is 6.92 Å². The lowest BCUT2D eigenvalue weighted by Gasteiger charge is -2.07. The van der Waals surface area contributed by atoms with E-state index in [0.29, 0.717) is 5.02 Å². The number of benzene rings is 2. The molecule has 4 heteroatoms. The molecule has 0 atom stereocenters. The van der Waals surface area contributed by atoms with Crippen molar-refractivity contribution in [1.29, 1.82) is 0 Å². The van der Waals surface area contributed by atoms with Crippen LogP contribution in [0.1, 0.15) is 5.56 Å². The first-order valence-electron chi connectivity index (χ1n) is 6.59. The molecule has 0 aliphatic carbocycles. The molecule has 104 valence electrons. The highest BCUT2D eigenvalue weighted by atomic mass is 35.5. The smallest absolute Gasteiger partial charge is 0.221 e. The molecule has 3 aromatic rings. The van der Waals surface area contributed by atoms with Gasteiger partial charge in [0.2, 0.25) is 5.95 Å². The molecule has 3 rings (SSSR count). The highest BCUT2D eigenvalue weighted by Crippen LogP contribution is 2.26. The lowest BCUT2D eigenvalue weighted by atomic mass is 10.1. The Morgan fingerprint density at radius 2 is 1.48 bits per heavy atom. The van der Waals surface area contributed by atoms with Gasteiger partial charge in [0.15, 0.2) is 0 Å². The topological polar surface area (TPSA) is 51.8 Å². The van der Waals surface area contributed by atoms with Crippen molar-refractivity contribution in [1.82, 2.24) is 9.97 Å². The van der Waals surface area contributed by atoms with E-state index < -0.39 is 0 Å². The summed E-state index contributed by atoms with van der Waals surface area (Å²) >= 11 is 6.04. The summed E-state index contributed by atoms with van der Waals surface area (Å²) in [5.74, 6) is 0.254. The van der Waals surface area contributed by atoms with Crippen LogP contribution in [0.2, 0.25) is 5.02 Å². The summed E-state index contributed by atoms with van der Waals surface area (Å²) in [5.41, 5.74) is 10.5. The molecule has 0 aliphatic heterocycles. The Kier molecular flexibility index (Phi) is 3.59. The van der Waals surface area contributed by atoms with Crippen molar-refractivity contribution < 1.29 is 0 Å². The highest BCUT2D eigenvalue weighted by Gasteiger charge is 2.07. The van der Waals surface area contributed by atoms with Gasteiger partial charge in [0.05, 0.1) is 11.4 Å². The summed E-state index contributed by atoms with van der Waals surface area (Å²) in [6.07, 6.45) is 0. The SMILES string of the molecule is Cc1cccc(-c2cc(-c3cccc(Cl)c3)nc(N)n2)c1. The molecule has 0 radical (unpaired) electrons. The van der Waals surface area contributed by atoms with E-state index in [2.05, 4.69) is 16.0 Å². The van der Waals surface area contributed by atoms with Crippen molar-refractivity contribution in [2.45, 2.75) is 6.92 Å². The Morgan fingerprint density at radius 1 is 0.857 bits per heavy atom. The zero-order valence-corrected chi connectivity index (χ0v) is 12.3. The van der Waals surface area contributed by atoms with Crippen LogP contribution in [-0.4, -0.2) is 9.97 Å². The molecule has 2 aromatic carbocycles. The number of halogens is 1. The zero-order chi connectivity index (χ0) is 14.8. The normalized spacial score (nSPS) is 10.6. The van der Waals surface area contributed by atoms with Crippen molar-refractivity contribution in [2.24, 2.45) is 0 Å². The minimum absolute atomic E-state index is 0.254. The Bertz CT molecular complexity index is 736. The predicted octanol–water partition coefficient (Wildman–Crippen LogP) is 4.35. The van der Waals surface area contributed by atoms with Crippen LogP contribution in [0.15, 0.2) is 54.6 Å². The van der Waals surface area contributed by atoms with Crippen LogP contribution >= 0.6 is 11.6 Å². The summed E-state index contributed by atoms with van der Waals surface area (Å²) in [7, 11) is 0. The molecule has 0 saturated heterocycles. The van der Waals surface area contributed by atoms with Gasteiger partial charge in [-0.15, -0.1) is 0 Å². The van der Waals surface area contributed by atoms with Crippen molar-refractivity contribution in [2.75, 3.05) is 5.73 Å². The van der Waals surface area contributed by atoms with Crippen molar-refractivity contribution >= 4 is 17.5 Å². The zero-order valence-electron chi connectivity index (χ0n) is 11.5. The second-order valence-electron chi connectivity index (χ2n) is 4.88. The second kappa shape index (κ2) is 5.54. The highest BCUT2D eigenvalue weighted by molar-refractivity contribution is 6.30. The average molecular weight is 296 g/mol. The van der Waals surface area contributed by atoms with Crippen LogP contribution in [0.4, 0.5) is 5.95 Å². The maximum absolute atomic E-state index is 6.04. The minimum Gasteiger partial charge on any atom is -0.368 e. The lowest BCUT2D eigenvalue weighted by Crippen LogP contribution is -1.98. The number of nitrogen functional groups attached to an aromatic ring is 1.